The number of hydrogen-bond donors (Lipinski definition) is 0. The molecule has 2 aliphatic heterocycles. The first-order chi connectivity index (χ1) is 14.2. The Morgan fingerprint density at radius 3 is 2.45 bits per heavy atom. The third kappa shape index (κ3) is 4.34. The lowest BCUT2D eigenvalue weighted by atomic mass is 9.99. The molecule has 0 aromatic heterocycles. The van der Waals surface area contributed by atoms with Crippen LogP contribution >= 0.6 is 0 Å². The Kier molecular flexibility index (Phi) is 6.22. The third-order valence-electron chi connectivity index (χ3n) is 5.03. The van der Waals surface area contributed by atoms with Crippen LogP contribution in [0.5, 0.6) is 5.75 Å². The average Bonchev–Trinajstić information content (AvgIpc) is 2.79. The highest BCUT2D eigenvalue weighted by Gasteiger charge is 2.50. The molecule has 0 radical (unpaired) electrons. The fraction of sp³-hybridized carbons (Fsp3) is 0.409. The average molecular weight is 400 g/mol. The largest absolute Gasteiger partial charge is 0.497 e. The van der Waals surface area contributed by atoms with E-state index in [1.54, 1.807) is 7.11 Å². The minimum Gasteiger partial charge on any atom is -0.497 e. The number of ether oxygens (including phenoxy) is 6. The lowest BCUT2D eigenvalue weighted by Gasteiger charge is -2.43. The summed E-state index contributed by atoms with van der Waals surface area (Å²) in [5.74, 6) is 0.530. The summed E-state index contributed by atoms with van der Waals surface area (Å²) in [5.41, 5.74) is 1.76. The highest BCUT2D eigenvalue weighted by molar-refractivity contribution is 5.89. The van der Waals surface area contributed by atoms with Crippen molar-refractivity contribution in [1.29, 1.82) is 0 Å². The van der Waals surface area contributed by atoms with Crippen LogP contribution in [-0.4, -0.2) is 51.2 Å². The van der Waals surface area contributed by atoms with E-state index in [2.05, 4.69) is 0 Å². The van der Waals surface area contributed by atoms with Crippen molar-refractivity contribution in [1.82, 2.24) is 0 Å². The van der Waals surface area contributed by atoms with E-state index in [0.717, 1.165) is 16.9 Å². The minimum atomic E-state index is -0.879. The number of ketones is 1. The van der Waals surface area contributed by atoms with Crippen LogP contribution in [-0.2, 0) is 35.1 Å². The molecule has 2 aromatic carbocycles. The molecule has 0 spiro atoms. The van der Waals surface area contributed by atoms with Crippen LogP contribution in [0.2, 0.25) is 0 Å². The summed E-state index contributed by atoms with van der Waals surface area (Å²) in [4.78, 5) is 13.1. The Balaban J connectivity index is 1.46. The number of fused-ring (bicyclic) bond motifs is 1. The van der Waals surface area contributed by atoms with Gasteiger partial charge in [-0.2, -0.15) is 0 Å². The third-order valence-corrected chi connectivity index (χ3v) is 5.03. The van der Waals surface area contributed by atoms with Crippen LogP contribution in [0.15, 0.2) is 54.6 Å². The zero-order valence-corrected chi connectivity index (χ0v) is 16.4. The molecule has 2 saturated heterocycles. The molecule has 29 heavy (non-hydrogen) atoms. The number of hydrogen-bond acceptors (Lipinski definition) is 7. The van der Waals surface area contributed by atoms with E-state index in [9.17, 15) is 4.79 Å². The van der Waals surface area contributed by atoms with Crippen LogP contribution in [0, 0.1) is 0 Å². The molecule has 0 aliphatic carbocycles. The van der Waals surface area contributed by atoms with Crippen molar-refractivity contribution in [2.75, 3.05) is 20.8 Å². The summed E-state index contributed by atoms with van der Waals surface area (Å²) >= 11 is 0. The highest BCUT2D eigenvalue weighted by atomic mass is 16.8. The zero-order valence-electron chi connectivity index (χ0n) is 16.4. The van der Waals surface area contributed by atoms with Gasteiger partial charge in [-0.1, -0.05) is 42.5 Å². The van der Waals surface area contributed by atoms with Gasteiger partial charge < -0.3 is 28.4 Å². The van der Waals surface area contributed by atoms with E-state index in [0.29, 0.717) is 0 Å². The van der Waals surface area contributed by atoms with Crippen LogP contribution < -0.4 is 4.74 Å². The van der Waals surface area contributed by atoms with Gasteiger partial charge in [-0.25, -0.2) is 0 Å². The second-order valence-corrected chi connectivity index (χ2v) is 6.89. The predicted octanol–water partition coefficient (Wildman–Crippen LogP) is 2.64. The molecule has 7 nitrogen and oxygen atoms in total. The summed E-state index contributed by atoms with van der Waals surface area (Å²) < 4.78 is 34.0. The summed E-state index contributed by atoms with van der Waals surface area (Å²) in [6.07, 6.45) is -3.68. The summed E-state index contributed by atoms with van der Waals surface area (Å²) in [5, 5.41) is 0. The molecule has 154 valence electrons. The molecule has 2 heterocycles. The SMILES string of the molecule is COc1ccc([C@@H]2OC[C@H]3O[C@@H](OC)[C@@H](OCc4ccccc4)C(=O)[C@@H]3O2)cc1. The molecule has 2 fully saturated rings. The summed E-state index contributed by atoms with van der Waals surface area (Å²) in [7, 11) is 3.09. The van der Waals surface area contributed by atoms with Crippen molar-refractivity contribution < 1.29 is 33.2 Å². The van der Waals surface area contributed by atoms with E-state index in [1.165, 1.54) is 7.11 Å². The molecule has 0 N–H and O–H groups in total. The Morgan fingerprint density at radius 1 is 1.00 bits per heavy atom. The van der Waals surface area contributed by atoms with Gasteiger partial charge in [0.15, 0.2) is 30.6 Å². The minimum absolute atomic E-state index is 0.203. The smallest absolute Gasteiger partial charge is 0.198 e. The molecular formula is C22H24O7. The predicted molar refractivity (Wildman–Crippen MR) is 102 cm³/mol. The molecule has 0 amide bonds. The number of rotatable bonds is 6. The fourth-order valence-corrected chi connectivity index (χ4v) is 3.47. The second-order valence-electron chi connectivity index (χ2n) is 6.89. The van der Waals surface area contributed by atoms with Crippen molar-refractivity contribution in [2.45, 2.75) is 37.5 Å². The molecule has 4 rings (SSSR count). The Hall–Kier alpha value is -2.29. The number of carbonyl (C=O) groups is 1. The normalized spacial score (nSPS) is 29.3. The molecule has 5 atom stereocenters. The van der Waals surface area contributed by atoms with E-state index in [-0.39, 0.29) is 19.0 Å². The highest BCUT2D eigenvalue weighted by Crippen LogP contribution is 2.34. The first-order valence-corrected chi connectivity index (χ1v) is 9.48. The van der Waals surface area contributed by atoms with Crippen molar-refractivity contribution >= 4 is 5.78 Å². The Labute approximate surface area is 169 Å². The molecule has 0 saturated carbocycles. The monoisotopic (exact) mass is 400 g/mol. The summed E-state index contributed by atoms with van der Waals surface area (Å²) in [6, 6.07) is 17.0. The Morgan fingerprint density at radius 2 is 1.76 bits per heavy atom. The molecule has 7 heteroatoms. The van der Waals surface area contributed by atoms with Gasteiger partial charge in [0.05, 0.1) is 20.3 Å². The van der Waals surface area contributed by atoms with Gasteiger partial charge in [0.25, 0.3) is 0 Å². The van der Waals surface area contributed by atoms with Crippen LogP contribution in [0.25, 0.3) is 0 Å². The van der Waals surface area contributed by atoms with Crippen LogP contribution in [0.4, 0.5) is 0 Å². The van der Waals surface area contributed by atoms with Gasteiger partial charge >= 0.3 is 0 Å². The second kappa shape index (κ2) is 9.02. The maximum absolute atomic E-state index is 13.1. The molecule has 0 bridgehead atoms. The standard InChI is InChI=1S/C22H24O7/c1-24-16-10-8-15(9-11-16)21-27-13-17-19(29-21)18(23)20(22(25-2)28-17)26-12-14-6-4-3-5-7-14/h3-11,17,19-22H,12-13H2,1-2H3/t17-,19-,20+,21-,22-/m1/s1. The van der Waals surface area contributed by atoms with Gasteiger partial charge in [0.1, 0.15) is 11.9 Å². The lowest BCUT2D eigenvalue weighted by molar-refractivity contribution is -0.318. The topological polar surface area (TPSA) is 72.5 Å². The Bertz CT molecular complexity index is 808. The summed E-state index contributed by atoms with van der Waals surface area (Å²) in [6.45, 7) is 0.495. The number of benzene rings is 2. The maximum Gasteiger partial charge on any atom is 0.198 e. The van der Waals surface area contributed by atoms with Crippen molar-refractivity contribution in [3.05, 3.63) is 65.7 Å². The van der Waals surface area contributed by atoms with Crippen molar-refractivity contribution in [3.8, 4) is 5.75 Å². The van der Waals surface area contributed by atoms with Crippen molar-refractivity contribution in [3.63, 3.8) is 0 Å². The van der Waals surface area contributed by atoms with Gasteiger partial charge in [-0.05, 0) is 17.7 Å². The molecule has 2 aliphatic rings. The quantitative estimate of drug-likeness (QED) is 0.738. The number of methoxy groups -OCH3 is 2. The van der Waals surface area contributed by atoms with Crippen molar-refractivity contribution in [2.24, 2.45) is 0 Å². The van der Waals surface area contributed by atoms with E-state index in [1.807, 2.05) is 54.6 Å². The zero-order chi connectivity index (χ0) is 20.2. The van der Waals surface area contributed by atoms with E-state index >= 15 is 0 Å². The lowest BCUT2D eigenvalue weighted by Crippen LogP contribution is -2.60. The first-order valence-electron chi connectivity index (χ1n) is 9.48. The van der Waals surface area contributed by atoms with E-state index in [4.69, 9.17) is 28.4 Å². The van der Waals surface area contributed by atoms with Gasteiger partial charge in [0.2, 0.25) is 0 Å². The van der Waals surface area contributed by atoms with Gasteiger partial charge in [-0.3, -0.25) is 4.79 Å². The molecule has 2 aromatic rings. The number of carbonyl (C=O) groups excluding carboxylic acids is 1. The fourth-order valence-electron chi connectivity index (χ4n) is 3.47. The number of Topliss-reactive ketones (excluding diaryl/α,β-unsaturated/α-hetero) is 1. The molecular weight excluding hydrogens is 376 g/mol. The van der Waals surface area contributed by atoms with E-state index < -0.39 is 30.9 Å². The first kappa shape index (κ1) is 20.0. The van der Waals surface area contributed by atoms with Crippen LogP contribution in [0.1, 0.15) is 17.4 Å². The van der Waals surface area contributed by atoms with Crippen LogP contribution in [0.3, 0.4) is 0 Å². The van der Waals surface area contributed by atoms with Gasteiger partial charge in [-0.15, -0.1) is 0 Å². The maximum atomic E-state index is 13.1. The molecule has 0 unspecified atom stereocenters. The van der Waals surface area contributed by atoms with Gasteiger partial charge in [0, 0.05) is 12.7 Å².